The molecule has 7 nitrogen and oxygen atoms in total. The largest absolute Gasteiger partial charge is 0.494 e. The average molecular weight is 663 g/mol. The fourth-order valence-corrected chi connectivity index (χ4v) is 4.31. The van der Waals surface area contributed by atoms with Crippen molar-refractivity contribution in [2.75, 3.05) is 17.7 Å². The smallest absolute Gasteiger partial charge is 0.435 e. The number of nitrogens with one attached hydrogen (secondary N) is 2. The molecule has 0 fully saturated rings. The molecule has 250 valence electrons. The predicted octanol–water partition coefficient (Wildman–Crippen LogP) is 8.67. The van der Waals surface area contributed by atoms with E-state index >= 15 is 0 Å². The summed E-state index contributed by atoms with van der Waals surface area (Å²) in [5, 5.41) is 4.84. The van der Waals surface area contributed by atoms with Crippen molar-refractivity contribution < 1.29 is 58.9 Å². The molecule has 3 aromatic carbocycles. The molecule has 46 heavy (non-hydrogen) atoms. The number of para-hydroxylation sites is 1. The summed E-state index contributed by atoms with van der Waals surface area (Å²) >= 11 is 0. The van der Waals surface area contributed by atoms with Crippen molar-refractivity contribution in [3.8, 4) is 17.2 Å². The predicted molar refractivity (Wildman–Crippen MR) is 153 cm³/mol. The van der Waals surface area contributed by atoms with E-state index in [0.717, 1.165) is 13.8 Å². The molecule has 2 N–H and O–H groups in total. The Morgan fingerprint density at radius 2 is 1.41 bits per heavy atom. The molecule has 0 radical (unpaired) electrons. The molecular formula is C31H30F8N2O5. The Morgan fingerprint density at radius 3 is 1.91 bits per heavy atom. The van der Waals surface area contributed by atoms with E-state index in [1.807, 2.05) is 20.8 Å². The van der Waals surface area contributed by atoms with E-state index in [0.29, 0.717) is 5.75 Å². The third-order valence-electron chi connectivity index (χ3n) is 6.26. The number of carbonyl (C=O) groups is 2. The Hall–Kier alpha value is -4.56. The Labute approximate surface area is 258 Å². The number of aryl methyl sites for hydroxylation is 1. The third kappa shape index (κ3) is 7.80. The highest BCUT2D eigenvalue weighted by Crippen LogP contribution is 2.54. The molecule has 0 aromatic heterocycles. The van der Waals surface area contributed by atoms with E-state index < -0.39 is 64.4 Å². The van der Waals surface area contributed by atoms with Crippen molar-refractivity contribution >= 4 is 23.2 Å². The van der Waals surface area contributed by atoms with Gasteiger partial charge in [-0.15, -0.1) is 0 Å². The SMILES string of the molecule is COc1c(NC(=O)c2ccc(OC(C)(C)C)cc2)cccc1C(=O)Nc1c(C)cc(C(F)(C(F)(F)F)C(F)(F)F)cc1OC(C)F. The highest BCUT2D eigenvalue weighted by molar-refractivity contribution is 6.10. The van der Waals surface area contributed by atoms with Crippen LogP contribution in [0.25, 0.3) is 0 Å². The first-order chi connectivity index (χ1) is 21.1. The van der Waals surface area contributed by atoms with E-state index in [1.165, 1.54) is 37.4 Å². The summed E-state index contributed by atoms with van der Waals surface area (Å²) in [4.78, 5) is 26.3. The minimum Gasteiger partial charge on any atom is -0.494 e. The highest BCUT2D eigenvalue weighted by Gasteiger charge is 2.73. The molecule has 15 heteroatoms. The zero-order valence-corrected chi connectivity index (χ0v) is 25.3. The van der Waals surface area contributed by atoms with Crippen LogP contribution in [0.15, 0.2) is 54.6 Å². The van der Waals surface area contributed by atoms with Crippen molar-refractivity contribution in [2.45, 2.75) is 64.6 Å². The van der Waals surface area contributed by atoms with Crippen molar-refractivity contribution in [2.24, 2.45) is 0 Å². The summed E-state index contributed by atoms with van der Waals surface area (Å²) in [5.74, 6) is -2.30. The van der Waals surface area contributed by atoms with Gasteiger partial charge in [0.1, 0.15) is 17.1 Å². The maximum Gasteiger partial charge on any atom is 0.435 e. The minimum atomic E-state index is -6.44. The van der Waals surface area contributed by atoms with E-state index in [-0.39, 0.29) is 34.7 Å². The number of methoxy groups -OCH3 is 1. The maximum absolute atomic E-state index is 14.8. The van der Waals surface area contributed by atoms with Crippen LogP contribution in [0, 0.1) is 6.92 Å². The molecule has 1 atom stereocenters. The van der Waals surface area contributed by atoms with Crippen LogP contribution < -0.4 is 24.8 Å². The highest BCUT2D eigenvalue weighted by atomic mass is 19.4. The summed E-state index contributed by atoms with van der Waals surface area (Å²) in [6.45, 7) is 7.29. The number of carbonyl (C=O) groups excluding carboxylic acids is 2. The normalized spacial score (nSPS) is 13.1. The fourth-order valence-electron chi connectivity index (χ4n) is 4.31. The first-order valence-electron chi connectivity index (χ1n) is 13.5. The summed E-state index contributed by atoms with van der Waals surface area (Å²) < 4.78 is 125. The van der Waals surface area contributed by atoms with Gasteiger partial charge >= 0.3 is 18.0 Å². The number of ether oxygens (including phenoxy) is 3. The Bertz CT molecular complexity index is 1570. The molecule has 2 amide bonds. The quantitative estimate of drug-likeness (QED) is 0.224. The number of alkyl halides is 8. The molecule has 0 saturated heterocycles. The average Bonchev–Trinajstić information content (AvgIpc) is 2.92. The lowest BCUT2D eigenvalue weighted by atomic mass is 9.91. The van der Waals surface area contributed by atoms with Gasteiger partial charge in [0.05, 0.1) is 24.0 Å². The van der Waals surface area contributed by atoms with E-state index in [9.17, 15) is 44.7 Å². The molecule has 0 saturated carbocycles. The van der Waals surface area contributed by atoms with Gasteiger partial charge in [-0.1, -0.05) is 6.07 Å². The fraction of sp³-hybridized carbons (Fsp3) is 0.355. The van der Waals surface area contributed by atoms with Crippen LogP contribution >= 0.6 is 0 Å². The Balaban J connectivity index is 1.98. The van der Waals surface area contributed by atoms with Crippen LogP contribution in [0.3, 0.4) is 0 Å². The minimum absolute atomic E-state index is 0.0192. The third-order valence-corrected chi connectivity index (χ3v) is 6.26. The molecule has 0 spiro atoms. The second-order valence-electron chi connectivity index (χ2n) is 11.0. The number of amides is 2. The second kappa shape index (κ2) is 13.0. The molecule has 0 aliphatic carbocycles. The number of hydrogen-bond acceptors (Lipinski definition) is 5. The molecule has 3 rings (SSSR count). The van der Waals surface area contributed by atoms with Gasteiger partial charge < -0.3 is 24.8 Å². The van der Waals surface area contributed by atoms with Gasteiger partial charge in [0, 0.05) is 18.1 Å². The van der Waals surface area contributed by atoms with Crippen LogP contribution in [0.1, 0.15) is 59.5 Å². The van der Waals surface area contributed by atoms with Gasteiger partial charge in [-0.25, -0.2) is 8.78 Å². The van der Waals surface area contributed by atoms with Crippen LogP contribution in [0.5, 0.6) is 17.2 Å². The van der Waals surface area contributed by atoms with E-state index in [1.54, 1.807) is 12.1 Å². The standard InChI is InChI=1S/C31H30F8N2O5/c1-16-14-19(29(33,30(34,35)36)31(37,38)39)15-23(45-17(2)32)24(16)41-27(43)21-8-7-9-22(25(21)44-6)40-26(42)18-10-12-20(13-11-18)46-28(3,4)5/h7-15,17H,1-6H3,(H,40,42)(H,41,43). The molecule has 1 unspecified atom stereocenters. The summed E-state index contributed by atoms with van der Waals surface area (Å²) in [5.41, 5.74) is -9.30. The van der Waals surface area contributed by atoms with Gasteiger partial charge in [-0.3, -0.25) is 9.59 Å². The van der Waals surface area contributed by atoms with Crippen molar-refractivity contribution in [3.05, 3.63) is 76.9 Å². The van der Waals surface area contributed by atoms with E-state index in [2.05, 4.69) is 10.6 Å². The lowest BCUT2D eigenvalue weighted by Gasteiger charge is -2.31. The number of anilines is 2. The molecular weight excluding hydrogens is 632 g/mol. The van der Waals surface area contributed by atoms with Crippen LogP contribution in [0.2, 0.25) is 0 Å². The number of hydrogen-bond donors (Lipinski definition) is 2. The Morgan fingerprint density at radius 1 is 0.826 bits per heavy atom. The summed E-state index contributed by atoms with van der Waals surface area (Å²) in [7, 11) is 1.18. The zero-order chi connectivity index (χ0) is 34.8. The van der Waals surface area contributed by atoms with Crippen molar-refractivity contribution in [3.63, 3.8) is 0 Å². The molecule has 0 aliphatic rings. The first-order valence-corrected chi connectivity index (χ1v) is 13.5. The number of rotatable bonds is 9. The molecule has 0 aliphatic heterocycles. The first kappa shape index (κ1) is 35.9. The van der Waals surface area contributed by atoms with Crippen LogP contribution in [0.4, 0.5) is 46.5 Å². The topological polar surface area (TPSA) is 85.9 Å². The lowest BCUT2D eigenvalue weighted by Crippen LogP contribution is -2.50. The monoisotopic (exact) mass is 662 g/mol. The second-order valence-corrected chi connectivity index (χ2v) is 11.0. The molecule has 0 heterocycles. The van der Waals surface area contributed by atoms with Gasteiger partial charge in [0.2, 0.25) is 6.36 Å². The van der Waals surface area contributed by atoms with Gasteiger partial charge in [0.25, 0.3) is 11.8 Å². The van der Waals surface area contributed by atoms with Crippen molar-refractivity contribution in [1.82, 2.24) is 0 Å². The lowest BCUT2D eigenvalue weighted by molar-refractivity contribution is -0.348. The van der Waals surface area contributed by atoms with Gasteiger partial charge in [-0.05, 0) is 81.8 Å². The van der Waals surface area contributed by atoms with Gasteiger partial charge in [0.15, 0.2) is 5.75 Å². The molecule has 0 bridgehead atoms. The van der Waals surface area contributed by atoms with Gasteiger partial charge in [-0.2, -0.15) is 26.3 Å². The zero-order valence-electron chi connectivity index (χ0n) is 25.3. The maximum atomic E-state index is 14.8. The number of halogens is 8. The van der Waals surface area contributed by atoms with Crippen molar-refractivity contribution in [1.29, 1.82) is 0 Å². The van der Waals surface area contributed by atoms with Crippen LogP contribution in [-0.4, -0.2) is 43.2 Å². The summed E-state index contributed by atoms with van der Waals surface area (Å²) in [6.07, 6.45) is -15.2. The Kier molecular flexibility index (Phi) is 10.2. The summed E-state index contributed by atoms with van der Waals surface area (Å²) in [6, 6.07) is 10.4. The molecule has 3 aromatic rings. The van der Waals surface area contributed by atoms with Crippen LogP contribution in [-0.2, 0) is 5.67 Å². The van der Waals surface area contributed by atoms with E-state index in [4.69, 9.17) is 14.2 Å². The number of benzene rings is 3.